The highest BCUT2D eigenvalue weighted by Gasteiger charge is 2.26. The number of aromatic nitrogens is 3. The van der Waals surface area contributed by atoms with E-state index in [1.165, 1.54) is 0 Å². The Labute approximate surface area is 177 Å². The predicted octanol–water partition coefficient (Wildman–Crippen LogP) is 4.75. The van der Waals surface area contributed by atoms with Gasteiger partial charge in [-0.2, -0.15) is 0 Å². The minimum atomic E-state index is 0.0960. The van der Waals surface area contributed by atoms with Crippen molar-refractivity contribution >= 4 is 23.3 Å². The van der Waals surface area contributed by atoms with E-state index in [1.807, 2.05) is 54.8 Å². The van der Waals surface area contributed by atoms with Gasteiger partial charge in [0, 0.05) is 47.9 Å². The number of pyridine rings is 2. The fraction of sp³-hybridized carbons (Fsp3) is 0.360. The highest BCUT2D eigenvalue weighted by Crippen LogP contribution is 2.39. The van der Waals surface area contributed by atoms with Crippen LogP contribution in [0.3, 0.4) is 0 Å². The fourth-order valence-corrected chi connectivity index (χ4v) is 4.56. The molecule has 5 heteroatoms. The summed E-state index contributed by atoms with van der Waals surface area (Å²) < 4.78 is 1.99. The summed E-state index contributed by atoms with van der Waals surface area (Å²) in [7, 11) is 3.98. The Morgan fingerprint density at radius 3 is 2.53 bits per heavy atom. The molecule has 2 aliphatic rings. The van der Waals surface area contributed by atoms with Gasteiger partial charge in [-0.1, -0.05) is 32.9 Å². The zero-order chi connectivity index (χ0) is 21.6. The van der Waals surface area contributed by atoms with Gasteiger partial charge in [-0.25, -0.2) is 4.98 Å². The molecule has 5 nitrogen and oxygen atoms in total. The normalized spacial score (nSPS) is 12.7. The van der Waals surface area contributed by atoms with Crippen LogP contribution in [0.4, 0.5) is 5.82 Å². The molecule has 0 aliphatic carbocycles. The third kappa shape index (κ3) is 3.09. The average molecular weight is 403 g/mol. The van der Waals surface area contributed by atoms with E-state index in [4.69, 9.17) is 4.98 Å². The van der Waals surface area contributed by atoms with Crippen LogP contribution in [-0.2, 0) is 0 Å². The molecule has 156 valence electrons. The van der Waals surface area contributed by atoms with Gasteiger partial charge in [0.05, 0.1) is 16.6 Å². The maximum Gasteiger partial charge on any atom is 0.259 e. The van der Waals surface area contributed by atoms with Gasteiger partial charge in [0.2, 0.25) is 0 Å². The van der Waals surface area contributed by atoms with Gasteiger partial charge in [0.15, 0.2) is 0 Å². The molecule has 0 fully saturated rings. The second-order valence-corrected chi connectivity index (χ2v) is 8.31. The number of hydrogen-bond donors (Lipinski definition) is 1. The van der Waals surface area contributed by atoms with Crippen molar-refractivity contribution in [1.82, 2.24) is 14.5 Å². The number of aromatic amines is 1. The zero-order valence-corrected chi connectivity index (χ0v) is 18.5. The van der Waals surface area contributed by atoms with Crippen molar-refractivity contribution in [3.05, 3.63) is 51.7 Å². The van der Waals surface area contributed by atoms with Crippen LogP contribution in [0, 0.1) is 6.92 Å². The van der Waals surface area contributed by atoms with Gasteiger partial charge in [0.25, 0.3) is 5.56 Å². The van der Waals surface area contributed by atoms with Crippen molar-refractivity contribution in [3.8, 4) is 22.4 Å². The maximum absolute atomic E-state index is 13.4. The molecule has 2 aromatic rings. The van der Waals surface area contributed by atoms with Crippen LogP contribution in [0.15, 0.2) is 35.1 Å². The van der Waals surface area contributed by atoms with Crippen LogP contribution in [0.5, 0.6) is 0 Å². The van der Waals surface area contributed by atoms with E-state index in [0.717, 1.165) is 69.4 Å². The molecule has 30 heavy (non-hydrogen) atoms. The van der Waals surface area contributed by atoms with Crippen molar-refractivity contribution in [2.75, 3.05) is 19.0 Å². The first-order valence-electron chi connectivity index (χ1n) is 10.7. The van der Waals surface area contributed by atoms with E-state index in [0.29, 0.717) is 0 Å². The Bertz CT molecular complexity index is 1280. The van der Waals surface area contributed by atoms with E-state index in [2.05, 4.69) is 31.5 Å². The molecular weight excluding hydrogens is 372 g/mol. The van der Waals surface area contributed by atoms with E-state index in [1.54, 1.807) is 0 Å². The molecule has 4 rings (SSSR count). The van der Waals surface area contributed by atoms with Crippen LogP contribution in [0.2, 0.25) is 0 Å². The summed E-state index contributed by atoms with van der Waals surface area (Å²) in [5.41, 5.74) is 6.10. The number of nitrogens with one attached hydrogen (secondary N) is 1. The lowest BCUT2D eigenvalue weighted by atomic mass is 9.96. The van der Waals surface area contributed by atoms with Gasteiger partial charge in [-0.05, 0) is 44.0 Å². The fourth-order valence-electron chi connectivity index (χ4n) is 4.56. The number of anilines is 1. The number of aryl methyl sites for hydroxylation is 1. The summed E-state index contributed by atoms with van der Waals surface area (Å²) in [5.74, 6) is 0.927. The number of H-pyrrole nitrogens is 1. The first-order chi connectivity index (χ1) is 14.4. The Hall–Kier alpha value is -3.08. The van der Waals surface area contributed by atoms with Gasteiger partial charge in [-0.3, -0.25) is 4.79 Å². The average Bonchev–Trinajstić information content (AvgIpc) is 2.99. The van der Waals surface area contributed by atoms with Crippen molar-refractivity contribution < 1.29 is 0 Å². The third-order valence-corrected chi connectivity index (χ3v) is 6.04. The minimum absolute atomic E-state index is 0.0960. The molecule has 0 saturated heterocycles. The smallest absolute Gasteiger partial charge is 0.259 e. The van der Waals surface area contributed by atoms with Gasteiger partial charge < -0.3 is 14.5 Å². The molecule has 1 unspecified atom stereocenters. The molecule has 0 bridgehead atoms. The molecule has 1 aromatic heterocycles. The number of benzene rings is 1. The standard InChI is InChI=1S/C25H30N4O/c1-7-9-17(8-2)29-21-14-15(3)26-24-19(10-11-20(23(21)24)25(29)30)18-12-13-22(28(5)6)27-16(18)4/h10-14,17,26H,3,7-9H2,1-2,4-6H3. The predicted molar refractivity (Wildman–Crippen MR) is 126 cm³/mol. The van der Waals surface area contributed by atoms with Crippen LogP contribution in [0.1, 0.15) is 44.8 Å². The van der Waals surface area contributed by atoms with Crippen LogP contribution >= 0.6 is 0 Å². The zero-order valence-electron chi connectivity index (χ0n) is 18.5. The topological polar surface area (TPSA) is 53.9 Å². The van der Waals surface area contributed by atoms with Crippen molar-refractivity contribution in [2.45, 2.75) is 46.1 Å². The highest BCUT2D eigenvalue weighted by atomic mass is 16.1. The quantitative estimate of drug-likeness (QED) is 0.506. The van der Waals surface area contributed by atoms with Gasteiger partial charge in [-0.15, -0.1) is 0 Å². The summed E-state index contributed by atoms with van der Waals surface area (Å²) in [4.78, 5) is 23.6. The lowest BCUT2D eigenvalue weighted by molar-refractivity contribution is 0.445. The van der Waals surface area contributed by atoms with E-state index >= 15 is 0 Å². The SMILES string of the molecule is C=c1cc2n(C(CC)CCC)c(=O)c3ccc(-c4ccc(N(C)C)nc4C)c([nH]1)c3-2. The minimum Gasteiger partial charge on any atom is -0.363 e. The second kappa shape index (κ2) is 7.63. The monoisotopic (exact) mass is 402 g/mol. The molecule has 0 amide bonds. The molecule has 0 radical (unpaired) electrons. The van der Waals surface area contributed by atoms with E-state index in [-0.39, 0.29) is 11.6 Å². The Morgan fingerprint density at radius 2 is 1.90 bits per heavy atom. The summed E-state index contributed by atoms with van der Waals surface area (Å²) in [6.07, 6.45) is 2.97. The molecule has 1 aromatic carbocycles. The molecule has 2 aliphatic heterocycles. The van der Waals surface area contributed by atoms with E-state index < -0.39 is 0 Å². The molecule has 1 atom stereocenters. The third-order valence-electron chi connectivity index (χ3n) is 6.04. The summed E-state index contributed by atoms with van der Waals surface area (Å²) in [6.45, 7) is 10.5. The van der Waals surface area contributed by atoms with Crippen LogP contribution < -0.4 is 15.8 Å². The maximum atomic E-state index is 13.4. The largest absolute Gasteiger partial charge is 0.363 e. The summed E-state index contributed by atoms with van der Waals surface area (Å²) in [6, 6.07) is 10.4. The Kier molecular flexibility index (Phi) is 5.14. The van der Waals surface area contributed by atoms with Crippen molar-refractivity contribution in [3.63, 3.8) is 0 Å². The van der Waals surface area contributed by atoms with Gasteiger partial charge >= 0.3 is 0 Å². The molecular formula is C25H30N4O. The Morgan fingerprint density at radius 1 is 1.17 bits per heavy atom. The number of rotatable bonds is 6. The first kappa shape index (κ1) is 20.2. The van der Waals surface area contributed by atoms with E-state index in [9.17, 15) is 4.79 Å². The van der Waals surface area contributed by atoms with Crippen LogP contribution in [-0.4, -0.2) is 28.6 Å². The Balaban J connectivity index is 2.00. The van der Waals surface area contributed by atoms with Crippen molar-refractivity contribution in [1.29, 1.82) is 0 Å². The molecule has 0 spiro atoms. The number of hydrogen-bond acceptors (Lipinski definition) is 3. The molecule has 1 N–H and O–H groups in total. The lowest BCUT2D eigenvalue weighted by Crippen LogP contribution is -2.21. The highest BCUT2D eigenvalue weighted by molar-refractivity contribution is 6.03. The lowest BCUT2D eigenvalue weighted by Gasteiger charge is -2.19. The number of nitrogens with zero attached hydrogens (tertiary/aromatic N) is 3. The first-order valence-corrected chi connectivity index (χ1v) is 10.7. The molecule has 3 heterocycles. The van der Waals surface area contributed by atoms with Crippen molar-refractivity contribution in [2.24, 2.45) is 0 Å². The van der Waals surface area contributed by atoms with Crippen LogP contribution in [0.25, 0.3) is 39.9 Å². The summed E-state index contributed by atoms with van der Waals surface area (Å²) in [5, 5.41) is 1.57. The molecule has 0 saturated carbocycles. The second-order valence-electron chi connectivity index (χ2n) is 8.31. The van der Waals surface area contributed by atoms with Gasteiger partial charge in [0.1, 0.15) is 5.82 Å². The summed E-state index contributed by atoms with van der Waals surface area (Å²) >= 11 is 0.